The standard InChI is InChI=1S/C37H48FN7O5S/c38-30-21-28(22-32-35(30)37(48)41-33(40-32)24-51-29-9-19-49-20-10-29)50-23-25-7-11-43(12-8-25)13-14-44-15-17-45(18-16-44)27-3-1-26(2-4-27)39-31-5-6-34(46)42-36(31)47/h1-4,21-22,25,29,31,39H,5-20,23-24H2,(H,40,41,48)(H,42,46,47)/t31-/m1/s1. The highest BCUT2D eigenvalue weighted by Gasteiger charge is 2.27. The summed E-state index contributed by atoms with van der Waals surface area (Å²) in [7, 11) is 0. The largest absolute Gasteiger partial charge is 0.493 e. The zero-order valence-electron chi connectivity index (χ0n) is 29.0. The smallest absolute Gasteiger partial charge is 0.261 e. The highest BCUT2D eigenvalue weighted by atomic mass is 32.2. The minimum Gasteiger partial charge on any atom is -0.493 e. The van der Waals surface area contributed by atoms with Crippen LogP contribution in [0.3, 0.4) is 0 Å². The van der Waals surface area contributed by atoms with E-state index in [4.69, 9.17) is 9.47 Å². The van der Waals surface area contributed by atoms with Gasteiger partial charge in [-0.2, -0.15) is 11.8 Å². The number of likely N-dealkylation sites (tertiary alicyclic amines) is 1. The van der Waals surface area contributed by atoms with E-state index in [0.717, 1.165) is 96.9 Å². The summed E-state index contributed by atoms with van der Waals surface area (Å²) in [6.45, 7) is 10.1. The van der Waals surface area contributed by atoms with Crippen molar-refractivity contribution < 1.29 is 23.5 Å². The fourth-order valence-corrected chi connectivity index (χ4v) is 8.40. The zero-order chi connectivity index (χ0) is 35.2. The van der Waals surface area contributed by atoms with Gasteiger partial charge in [-0.25, -0.2) is 9.37 Å². The maximum absolute atomic E-state index is 15.0. The molecule has 0 radical (unpaired) electrons. The normalized spacial score (nSPS) is 21.6. The molecule has 0 saturated carbocycles. The Hall–Kier alpha value is -3.72. The third kappa shape index (κ3) is 9.39. The number of anilines is 2. The lowest BCUT2D eigenvalue weighted by molar-refractivity contribution is -0.133. The van der Waals surface area contributed by atoms with Gasteiger partial charge >= 0.3 is 0 Å². The number of nitrogens with one attached hydrogen (secondary N) is 3. The average molecular weight is 722 g/mol. The number of halogens is 1. The number of carbonyl (C=O) groups excluding carboxylic acids is 2. The molecule has 2 amide bonds. The Morgan fingerprint density at radius 2 is 1.65 bits per heavy atom. The highest BCUT2D eigenvalue weighted by molar-refractivity contribution is 7.99. The number of nitrogens with zero attached hydrogens (tertiary/aromatic N) is 4. The number of benzene rings is 2. The predicted octanol–water partition coefficient (Wildman–Crippen LogP) is 3.60. The van der Waals surface area contributed by atoms with Gasteiger partial charge in [-0.05, 0) is 75.4 Å². The van der Waals surface area contributed by atoms with Gasteiger partial charge in [0.2, 0.25) is 11.8 Å². The quantitative estimate of drug-likeness (QED) is 0.237. The Balaban J connectivity index is 0.810. The van der Waals surface area contributed by atoms with E-state index in [1.54, 1.807) is 17.8 Å². The molecule has 4 fully saturated rings. The van der Waals surface area contributed by atoms with Crippen LogP contribution < -0.4 is 25.8 Å². The maximum Gasteiger partial charge on any atom is 0.261 e. The molecule has 1 atom stereocenters. The van der Waals surface area contributed by atoms with E-state index >= 15 is 0 Å². The molecule has 0 bridgehead atoms. The first-order chi connectivity index (χ1) is 24.9. The Morgan fingerprint density at radius 3 is 2.37 bits per heavy atom. The van der Waals surface area contributed by atoms with Crippen molar-refractivity contribution in [2.24, 2.45) is 5.92 Å². The van der Waals surface area contributed by atoms with Gasteiger partial charge in [-0.1, -0.05) is 0 Å². The van der Waals surface area contributed by atoms with Gasteiger partial charge in [0.05, 0.1) is 17.9 Å². The molecule has 274 valence electrons. The number of hydrogen-bond donors (Lipinski definition) is 3. The molecule has 0 spiro atoms. The second kappa shape index (κ2) is 16.7. The third-order valence-electron chi connectivity index (χ3n) is 10.5. The first kappa shape index (κ1) is 35.7. The van der Waals surface area contributed by atoms with E-state index < -0.39 is 11.4 Å². The Bertz CT molecular complexity index is 1720. The van der Waals surface area contributed by atoms with E-state index in [9.17, 15) is 18.8 Å². The summed E-state index contributed by atoms with van der Waals surface area (Å²) in [5.41, 5.74) is 1.94. The number of ether oxygens (including phenoxy) is 2. The molecular weight excluding hydrogens is 674 g/mol. The minimum absolute atomic E-state index is 0.0212. The zero-order valence-corrected chi connectivity index (χ0v) is 29.9. The molecule has 7 rings (SSSR count). The summed E-state index contributed by atoms with van der Waals surface area (Å²) >= 11 is 1.76. The number of aromatic nitrogens is 2. The minimum atomic E-state index is -0.604. The summed E-state index contributed by atoms with van der Waals surface area (Å²) in [6, 6.07) is 10.8. The van der Waals surface area contributed by atoms with Crippen LogP contribution in [0.4, 0.5) is 15.8 Å². The van der Waals surface area contributed by atoms with E-state index in [2.05, 4.69) is 47.4 Å². The second-order valence-electron chi connectivity index (χ2n) is 14.1. The summed E-state index contributed by atoms with van der Waals surface area (Å²) in [5.74, 6) is 0.870. The molecule has 51 heavy (non-hydrogen) atoms. The molecule has 3 aromatic rings. The van der Waals surface area contributed by atoms with E-state index in [0.29, 0.717) is 53.5 Å². The van der Waals surface area contributed by atoms with E-state index in [-0.39, 0.29) is 23.2 Å². The number of rotatable bonds is 12. The lowest BCUT2D eigenvalue weighted by Gasteiger charge is -2.38. The van der Waals surface area contributed by atoms with Crippen LogP contribution in [0.15, 0.2) is 41.2 Å². The van der Waals surface area contributed by atoms with Gasteiger partial charge in [0.25, 0.3) is 5.56 Å². The van der Waals surface area contributed by atoms with Gasteiger partial charge in [-0.15, -0.1) is 0 Å². The van der Waals surface area contributed by atoms with Gasteiger partial charge in [0, 0.05) is 87.7 Å². The molecule has 0 unspecified atom stereocenters. The summed E-state index contributed by atoms with van der Waals surface area (Å²) in [4.78, 5) is 51.0. The Labute approximate surface area is 301 Å². The number of piperazine rings is 1. The molecule has 0 aliphatic carbocycles. The molecule has 4 saturated heterocycles. The van der Waals surface area contributed by atoms with E-state index in [1.165, 1.54) is 11.8 Å². The van der Waals surface area contributed by atoms with Gasteiger partial charge in [0.15, 0.2) is 0 Å². The van der Waals surface area contributed by atoms with Crippen LogP contribution in [0.1, 0.15) is 44.3 Å². The van der Waals surface area contributed by atoms with Crippen molar-refractivity contribution in [3.8, 4) is 5.75 Å². The van der Waals surface area contributed by atoms with Crippen LogP contribution in [0.2, 0.25) is 0 Å². The van der Waals surface area contributed by atoms with Crippen LogP contribution in [-0.4, -0.2) is 115 Å². The molecule has 5 heterocycles. The van der Waals surface area contributed by atoms with Crippen molar-refractivity contribution in [3.05, 3.63) is 58.4 Å². The van der Waals surface area contributed by atoms with Crippen molar-refractivity contribution in [2.45, 2.75) is 55.6 Å². The number of hydrogen-bond acceptors (Lipinski definition) is 11. The van der Waals surface area contributed by atoms with Crippen LogP contribution in [0, 0.1) is 11.7 Å². The first-order valence-electron chi connectivity index (χ1n) is 18.3. The number of amides is 2. The number of fused-ring (bicyclic) bond motifs is 1. The summed E-state index contributed by atoms with van der Waals surface area (Å²) < 4.78 is 26.5. The lowest BCUT2D eigenvalue weighted by atomic mass is 9.98. The number of thioether (sulfide) groups is 1. The van der Waals surface area contributed by atoms with Crippen molar-refractivity contribution in [2.75, 3.05) is 82.4 Å². The molecule has 4 aliphatic rings. The monoisotopic (exact) mass is 721 g/mol. The fraction of sp³-hybridized carbons (Fsp3) is 0.568. The highest BCUT2D eigenvalue weighted by Crippen LogP contribution is 2.27. The first-order valence-corrected chi connectivity index (χ1v) is 19.4. The third-order valence-corrected chi connectivity index (χ3v) is 11.9. The summed E-state index contributed by atoms with van der Waals surface area (Å²) in [5, 5.41) is 6.09. The molecule has 2 aromatic carbocycles. The number of imide groups is 1. The predicted molar refractivity (Wildman–Crippen MR) is 197 cm³/mol. The Kier molecular flexibility index (Phi) is 11.7. The van der Waals surface area contributed by atoms with Crippen molar-refractivity contribution >= 4 is 45.9 Å². The number of carbonyl (C=O) groups is 2. The maximum atomic E-state index is 15.0. The molecule has 14 heteroatoms. The number of aromatic amines is 1. The molecule has 1 aromatic heterocycles. The number of piperidine rings is 2. The topological polar surface area (TPSA) is 132 Å². The molecular formula is C37H48FN7O5S. The van der Waals surface area contributed by atoms with Crippen LogP contribution in [0.25, 0.3) is 10.9 Å². The molecule has 4 aliphatic heterocycles. The van der Waals surface area contributed by atoms with Crippen molar-refractivity contribution in [1.82, 2.24) is 25.1 Å². The van der Waals surface area contributed by atoms with E-state index in [1.807, 2.05) is 12.1 Å². The molecule has 3 N–H and O–H groups in total. The van der Waals surface area contributed by atoms with Crippen LogP contribution in [-0.2, 0) is 20.1 Å². The molecule has 12 nitrogen and oxygen atoms in total. The number of H-pyrrole nitrogens is 1. The second-order valence-corrected chi connectivity index (χ2v) is 15.3. The summed E-state index contributed by atoms with van der Waals surface area (Å²) in [6.07, 6.45) is 4.90. The lowest BCUT2D eigenvalue weighted by Crippen LogP contribution is -2.49. The van der Waals surface area contributed by atoms with Gasteiger partial charge in [0.1, 0.15) is 28.8 Å². The fourth-order valence-electron chi connectivity index (χ4n) is 7.34. The Morgan fingerprint density at radius 1 is 0.922 bits per heavy atom. The van der Waals surface area contributed by atoms with Gasteiger partial charge in [-0.3, -0.25) is 24.6 Å². The average Bonchev–Trinajstić information content (AvgIpc) is 3.14. The SMILES string of the molecule is O=C1CC[C@@H](Nc2ccc(N3CCN(CCN4CCC(COc5cc(F)c6c(=O)[nH]c(CSC7CCOCC7)nc6c5)CC4)CC3)cc2)C(=O)N1. The van der Waals surface area contributed by atoms with Crippen molar-refractivity contribution in [1.29, 1.82) is 0 Å². The van der Waals surface area contributed by atoms with Gasteiger partial charge < -0.3 is 29.6 Å². The van der Waals surface area contributed by atoms with Crippen LogP contribution in [0.5, 0.6) is 5.75 Å². The van der Waals surface area contributed by atoms with Crippen molar-refractivity contribution in [3.63, 3.8) is 0 Å². The van der Waals surface area contributed by atoms with Crippen LogP contribution >= 0.6 is 11.8 Å².